The van der Waals surface area contributed by atoms with Crippen LogP contribution in [0, 0.1) is 5.53 Å². The third-order valence-electron chi connectivity index (χ3n) is 2.27. The largest absolute Gasteiger partial charge is 0.494 e. The van der Waals surface area contributed by atoms with Crippen LogP contribution in [0.4, 0.5) is 5.69 Å². The predicted octanol–water partition coefficient (Wildman–Crippen LogP) is 2.64. The van der Waals surface area contributed by atoms with Gasteiger partial charge in [0.2, 0.25) is 0 Å². The number of aromatic amines is 1. The normalized spacial score (nSPS) is 10.6. The molecule has 0 aliphatic heterocycles. The fraction of sp³-hybridized carbons (Fsp3) is 0.200. The first kappa shape index (κ1) is 10.3. The molecule has 0 spiro atoms. The van der Waals surface area contributed by atoms with Crippen LogP contribution in [0.15, 0.2) is 17.2 Å². The van der Waals surface area contributed by atoms with Crippen molar-refractivity contribution in [3.05, 3.63) is 12.1 Å². The van der Waals surface area contributed by atoms with Crippen molar-refractivity contribution in [2.45, 2.75) is 6.92 Å². The molecule has 0 aliphatic carbocycles. The van der Waals surface area contributed by atoms with Crippen LogP contribution in [0.3, 0.4) is 0 Å². The first-order valence-corrected chi connectivity index (χ1v) is 4.75. The molecule has 2 aromatic rings. The molecule has 0 atom stereocenters. The molecule has 6 heteroatoms. The number of rotatable bonds is 3. The van der Waals surface area contributed by atoms with E-state index >= 15 is 0 Å². The Morgan fingerprint density at radius 3 is 2.50 bits per heavy atom. The Labute approximate surface area is 91.0 Å². The number of ether oxygens (including phenoxy) is 1. The van der Waals surface area contributed by atoms with Gasteiger partial charge in [0.25, 0.3) is 0 Å². The van der Waals surface area contributed by atoms with Gasteiger partial charge in [-0.25, -0.2) is 5.53 Å². The van der Waals surface area contributed by atoms with Gasteiger partial charge in [0.15, 0.2) is 11.8 Å². The smallest absolute Gasteiger partial charge is 0.199 e. The molecule has 2 rings (SSSR count). The van der Waals surface area contributed by atoms with Crippen molar-refractivity contribution in [3.8, 4) is 17.5 Å². The molecule has 84 valence electrons. The number of hydrogen-bond donors (Lipinski definition) is 4. The maximum atomic E-state index is 9.50. The Balaban J connectivity index is 2.72. The van der Waals surface area contributed by atoms with Crippen LogP contribution in [0.25, 0.3) is 10.8 Å². The van der Waals surface area contributed by atoms with Gasteiger partial charge in [0.1, 0.15) is 11.4 Å². The molecule has 0 saturated heterocycles. The number of H-pyrrole nitrogens is 1. The molecule has 4 N–H and O–H groups in total. The molecule has 0 radical (unpaired) electrons. The zero-order chi connectivity index (χ0) is 11.7. The SMILES string of the molecule is CCOc1cc2c(O)[nH]c(O)c2cc1N=N. The molecule has 0 amide bonds. The van der Waals surface area contributed by atoms with Crippen molar-refractivity contribution < 1.29 is 14.9 Å². The van der Waals surface area contributed by atoms with Crippen LogP contribution in [-0.4, -0.2) is 21.8 Å². The number of fused-ring (bicyclic) bond motifs is 1. The molecule has 0 fully saturated rings. The minimum Gasteiger partial charge on any atom is -0.494 e. The molecule has 0 bridgehead atoms. The Morgan fingerprint density at radius 1 is 1.31 bits per heavy atom. The van der Waals surface area contributed by atoms with Gasteiger partial charge in [-0.15, -0.1) is 0 Å². The van der Waals surface area contributed by atoms with E-state index < -0.39 is 0 Å². The van der Waals surface area contributed by atoms with Crippen molar-refractivity contribution >= 4 is 16.5 Å². The van der Waals surface area contributed by atoms with Crippen molar-refractivity contribution in [1.82, 2.24) is 4.98 Å². The lowest BCUT2D eigenvalue weighted by Gasteiger charge is -2.05. The van der Waals surface area contributed by atoms with E-state index in [4.69, 9.17) is 10.3 Å². The fourth-order valence-corrected chi connectivity index (χ4v) is 1.57. The molecule has 6 nitrogen and oxygen atoms in total. The van der Waals surface area contributed by atoms with Gasteiger partial charge in [-0.1, -0.05) is 0 Å². The van der Waals surface area contributed by atoms with Gasteiger partial charge in [-0.2, -0.15) is 5.11 Å². The predicted molar refractivity (Wildman–Crippen MR) is 57.6 cm³/mol. The van der Waals surface area contributed by atoms with Crippen molar-refractivity contribution in [1.29, 1.82) is 5.53 Å². The molecule has 0 unspecified atom stereocenters. The first-order chi connectivity index (χ1) is 7.67. The minimum absolute atomic E-state index is 0.134. The zero-order valence-electron chi connectivity index (χ0n) is 8.61. The van der Waals surface area contributed by atoms with Gasteiger partial charge in [0, 0.05) is 5.39 Å². The highest BCUT2D eigenvalue weighted by Crippen LogP contribution is 2.40. The molecule has 1 aromatic carbocycles. The summed E-state index contributed by atoms with van der Waals surface area (Å²) < 4.78 is 5.28. The van der Waals surface area contributed by atoms with Gasteiger partial charge < -0.3 is 14.9 Å². The molecule has 0 saturated carbocycles. The number of benzene rings is 1. The molecule has 16 heavy (non-hydrogen) atoms. The van der Waals surface area contributed by atoms with Gasteiger partial charge in [-0.05, 0) is 19.1 Å². The summed E-state index contributed by atoms with van der Waals surface area (Å²) in [7, 11) is 0. The summed E-state index contributed by atoms with van der Waals surface area (Å²) >= 11 is 0. The van der Waals surface area contributed by atoms with Crippen LogP contribution in [-0.2, 0) is 0 Å². The van der Waals surface area contributed by atoms with E-state index in [9.17, 15) is 10.2 Å². The third-order valence-corrected chi connectivity index (χ3v) is 2.27. The summed E-state index contributed by atoms with van der Waals surface area (Å²) in [5, 5.41) is 23.1. The zero-order valence-corrected chi connectivity index (χ0v) is 8.61. The molecular formula is C10H11N3O3. The molecule has 0 aliphatic rings. The van der Waals surface area contributed by atoms with Crippen molar-refractivity contribution in [3.63, 3.8) is 0 Å². The summed E-state index contributed by atoms with van der Waals surface area (Å²) in [6, 6.07) is 3.02. The Kier molecular flexibility index (Phi) is 2.40. The summed E-state index contributed by atoms with van der Waals surface area (Å²) in [5.41, 5.74) is 7.32. The molecule has 1 heterocycles. The summed E-state index contributed by atoms with van der Waals surface area (Å²) in [4.78, 5) is 2.39. The first-order valence-electron chi connectivity index (χ1n) is 4.75. The summed E-state index contributed by atoms with van der Waals surface area (Å²) in [6.07, 6.45) is 0. The van der Waals surface area contributed by atoms with E-state index in [-0.39, 0.29) is 11.8 Å². The Bertz CT molecular complexity index is 548. The quantitative estimate of drug-likeness (QED) is 0.599. The Morgan fingerprint density at radius 2 is 1.94 bits per heavy atom. The average molecular weight is 221 g/mol. The standard InChI is InChI=1S/C10H11N3O3/c1-2-16-8-4-6-5(3-7(8)13-11)9(14)12-10(6)15/h3-4,11-12,14-15H,2H2,1H3. The number of aromatic nitrogens is 1. The van der Waals surface area contributed by atoms with Gasteiger partial charge in [-0.3, -0.25) is 4.98 Å². The second-order valence-electron chi connectivity index (χ2n) is 3.23. The second kappa shape index (κ2) is 3.73. The number of hydrogen-bond acceptors (Lipinski definition) is 5. The third kappa shape index (κ3) is 1.44. The lowest BCUT2D eigenvalue weighted by Crippen LogP contribution is -1.91. The summed E-state index contributed by atoms with van der Waals surface area (Å²) in [5.74, 6) is 0.115. The topological polar surface area (TPSA) is 102 Å². The molecule has 1 aromatic heterocycles. The monoisotopic (exact) mass is 221 g/mol. The van der Waals surface area contributed by atoms with Gasteiger partial charge >= 0.3 is 0 Å². The lowest BCUT2D eigenvalue weighted by molar-refractivity contribution is 0.341. The van der Waals surface area contributed by atoms with E-state index in [1.807, 2.05) is 6.92 Å². The lowest BCUT2D eigenvalue weighted by atomic mass is 10.2. The number of nitrogens with zero attached hydrogens (tertiary/aromatic N) is 1. The highest BCUT2D eigenvalue weighted by molar-refractivity contribution is 5.96. The van der Waals surface area contributed by atoms with E-state index in [0.717, 1.165) is 0 Å². The van der Waals surface area contributed by atoms with E-state index in [1.165, 1.54) is 12.1 Å². The average Bonchev–Trinajstić information content (AvgIpc) is 2.54. The summed E-state index contributed by atoms with van der Waals surface area (Å²) in [6.45, 7) is 2.25. The number of aromatic hydroxyl groups is 2. The number of nitrogens with one attached hydrogen (secondary N) is 2. The highest BCUT2D eigenvalue weighted by atomic mass is 16.5. The van der Waals surface area contributed by atoms with Crippen LogP contribution in [0.1, 0.15) is 6.92 Å². The van der Waals surface area contributed by atoms with Crippen molar-refractivity contribution in [2.24, 2.45) is 5.11 Å². The van der Waals surface area contributed by atoms with Crippen LogP contribution in [0.2, 0.25) is 0 Å². The van der Waals surface area contributed by atoms with Crippen molar-refractivity contribution in [2.75, 3.05) is 6.61 Å². The Hall–Kier alpha value is -2.24. The second-order valence-corrected chi connectivity index (χ2v) is 3.23. The van der Waals surface area contributed by atoms with E-state index in [1.54, 1.807) is 0 Å². The maximum Gasteiger partial charge on any atom is 0.199 e. The van der Waals surface area contributed by atoms with E-state index in [0.29, 0.717) is 28.8 Å². The highest BCUT2D eigenvalue weighted by Gasteiger charge is 2.13. The van der Waals surface area contributed by atoms with E-state index in [2.05, 4.69) is 10.1 Å². The van der Waals surface area contributed by atoms with Gasteiger partial charge in [0.05, 0.1) is 12.0 Å². The van der Waals surface area contributed by atoms with Crippen LogP contribution >= 0.6 is 0 Å². The molecular weight excluding hydrogens is 210 g/mol. The fourth-order valence-electron chi connectivity index (χ4n) is 1.57. The van der Waals surface area contributed by atoms with Crippen LogP contribution < -0.4 is 4.74 Å². The minimum atomic E-state index is -0.152. The van der Waals surface area contributed by atoms with Crippen LogP contribution in [0.5, 0.6) is 17.5 Å². The maximum absolute atomic E-state index is 9.50.